The van der Waals surface area contributed by atoms with Crippen molar-refractivity contribution in [3.63, 3.8) is 0 Å². The molecule has 1 saturated carbocycles. The Labute approximate surface area is 145 Å². The van der Waals surface area contributed by atoms with Gasteiger partial charge in [-0.3, -0.25) is 0 Å². The Morgan fingerprint density at radius 1 is 1.38 bits per heavy atom. The molecule has 0 saturated heterocycles. The number of rotatable bonds is 7. The summed E-state index contributed by atoms with van der Waals surface area (Å²) in [6.07, 6.45) is 6.32. The molecule has 2 aliphatic rings. The van der Waals surface area contributed by atoms with Crippen LogP contribution in [0.1, 0.15) is 46.0 Å². The Kier molecular flexibility index (Phi) is 6.10. The lowest BCUT2D eigenvalue weighted by Gasteiger charge is -2.56. The number of fused-ring (bicyclic) bond motifs is 1. The van der Waals surface area contributed by atoms with Gasteiger partial charge in [-0.15, -0.1) is 6.58 Å². The van der Waals surface area contributed by atoms with Crippen molar-refractivity contribution in [2.75, 3.05) is 27.6 Å². The predicted molar refractivity (Wildman–Crippen MR) is 91.2 cm³/mol. The first kappa shape index (κ1) is 19.0. The van der Waals surface area contributed by atoms with Crippen LogP contribution in [-0.4, -0.2) is 39.2 Å². The Hall–Kier alpha value is -1.33. The first-order chi connectivity index (χ1) is 11.5. The quantitative estimate of drug-likeness (QED) is 0.403. The molecule has 0 N–H and O–H groups in total. The van der Waals surface area contributed by atoms with Crippen molar-refractivity contribution in [3.05, 3.63) is 24.0 Å². The number of esters is 1. The van der Waals surface area contributed by atoms with Crippen LogP contribution in [0.5, 0.6) is 0 Å². The van der Waals surface area contributed by atoms with Crippen LogP contribution in [-0.2, 0) is 23.7 Å². The van der Waals surface area contributed by atoms with E-state index in [9.17, 15) is 4.79 Å². The number of methoxy groups -OCH3 is 2. The molecule has 0 aliphatic heterocycles. The minimum absolute atomic E-state index is 0.0313. The Morgan fingerprint density at radius 3 is 2.71 bits per heavy atom. The Bertz CT molecular complexity index is 508. The topological polar surface area (TPSA) is 54.0 Å². The smallest absolute Gasteiger partial charge is 0.337 e. The molecule has 0 aromatic heterocycles. The van der Waals surface area contributed by atoms with E-state index in [1.165, 1.54) is 7.11 Å². The largest absolute Gasteiger partial charge is 0.471 e. The highest BCUT2D eigenvalue weighted by Crippen LogP contribution is 2.59. The third-order valence-corrected chi connectivity index (χ3v) is 5.79. The number of hydrogen-bond acceptors (Lipinski definition) is 5. The van der Waals surface area contributed by atoms with E-state index in [0.29, 0.717) is 24.4 Å². The van der Waals surface area contributed by atoms with Gasteiger partial charge in [0.05, 0.1) is 18.3 Å². The predicted octanol–water partition coefficient (Wildman–Crippen LogP) is 3.60. The zero-order valence-electron chi connectivity index (χ0n) is 15.4. The SMILES string of the molecule is C=CC1(OCC)CCC[C@@H]2C(C(=O)OC)=C(OCOC)CC[C@]21C. The van der Waals surface area contributed by atoms with E-state index in [4.69, 9.17) is 18.9 Å². The fourth-order valence-electron chi connectivity index (χ4n) is 4.55. The van der Waals surface area contributed by atoms with Crippen LogP contribution in [0.4, 0.5) is 0 Å². The van der Waals surface area contributed by atoms with Crippen molar-refractivity contribution < 1.29 is 23.7 Å². The van der Waals surface area contributed by atoms with Crippen LogP contribution in [0.2, 0.25) is 0 Å². The number of hydrogen-bond donors (Lipinski definition) is 0. The van der Waals surface area contributed by atoms with Gasteiger partial charge in [-0.1, -0.05) is 13.0 Å². The monoisotopic (exact) mass is 338 g/mol. The molecule has 5 heteroatoms. The molecule has 0 aromatic carbocycles. The molecule has 2 rings (SSSR count). The second kappa shape index (κ2) is 7.70. The van der Waals surface area contributed by atoms with E-state index in [-0.39, 0.29) is 24.1 Å². The van der Waals surface area contributed by atoms with Gasteiger partial charge in [0.1, 0.15) is 5.76 Å². The van der Waals surface area contributed by atoms with Crippen LogP contribution < -0.4 is 0 Å². The second-order valence-electron chi connectivity index (χ2n) is 6.77. The van der Waals surface area contributed by atoms with Crippen molar-refractivity contribution in [2.45, 2.75) is 51.6 Å². The lowest BCUT2D eigenvalue weighted by Crippen LogP contribution is -2.56. The molecular weight excluding hydrogens is 308 g/mol. The third-order valence-electron chi connectivity index (χ3n) is 5.79. The highest BCUT2D eigenvalue weighted by molar-refractivity contribution is 5.90. The fourth-order valence-corrected chi connectivity index (χ4v) is 4.55. The maximum absolute atomic E-state index is 12.5. The Morgan fingerprint density at radius 2 is 2.12 bits per heavy atom. The summed E-state index contributed by atoms with van der Waals surface area (Å²) in [5.74, 6) is 0.416. The molecule has 0 amide bonds. The summed E-state index contributed by atoms with van der Waals surface area (Å²) < 4.78 is 22.0. The molecule has 24 heavy (non-hydrogen) atoms. The normalized spacial score (nSPS) is 32.9. The van der Waals surface area contributed by atoms with Gasteiger partial charge in [0, 0.05) is 31.5 Å². The summed E-state index contributed by atoms with van der Waals surface area (Å²) in [6, 6.07) is 0. The van der Waals surface area contributed by atoms with Gasteiger partial charge < -0.3 is 18.9 Å². The van der Waals surface area contributed by atoms with Crippen molar-refractivity contribution in [1.82, 2.24) is 0 Å². The molecular formula is C19H30O5. The van der Waals surface area contributed by atoms with Crippen LogP contribution in [0, 0.1) is 11.3 Å². The Balaban J connectivity index is 2.49. The summed E-state index contributed by atoms with van der Waals surface area (Å²) in [7, 11) is 2.99. The molecule has 136 valence electrons. The van der Waals surface area contributed by atoms with Crippen molar-refractivity contribution >= 4 is 5.97 Å². The average Bonchev–Trinajstić information content (AvgIpc) is 2.59. The number of allylic oxidation sites excluding steroid dienone is 1. The highest BCUT2D eigenvalue weighted by atomic mass is 16.7. The summed E-state index contributed by atoms with van der Waals surface area (Å²) in [4.78, 5) is 12.5. The van der Waals surface area contributed by atoms with E-state index >= 15 is 0 Å². The van der Waals surface area contributed by atoms with E-state index in [1.54, 1.807) is 7.11 Å². The minimum atomic E-state index is -0.420. The molecule has 5 nitrogen and oxygen atoms in total. The standard InChI is InChI=1S/C19H30O5/c1-6-19(24-7-2)11-8-9-14-16(17(20)22-5)15(23-13-21-4)10-12-18(14,19)3/h6,14H,1,7-13H2,2-5H3/t14-,18-,19?/m1/s1. The van der Waals surface area contributed by atoms with E-state index < -0.39 is 5.60 Å². The molecule has 2 aliphatic carbocycles. The fraction of sp³-hybridized carbons (Fsp3) is 0.737. The molecule has 0 bridgehead atoms. The number of carbonyl (C=O) groups is 1. The first-order valence-electron chi connectivity index (χ1n) is 8.70. The third kappa shape index (κ3) is 3.00. The van der Waals surface area contributed by atoms with Gasteiger partial charge in [-0.25, -0.2) is 4.79 Å². The number of carbonyl (C=O) groups excluding carboxylic acids is 1. The maximum atomic E-state index is 12.5. The zero-order valence-corrected chi connectivity index (χ0v) is 15.4. The second-order valence-corrected chi connectivity index (χ2v) is 6.77. The van der Waals surface area contributed by atoms with Gasteiger partial charge in [-0.05, 0) is 32.6 Å². The highest BCUT2D eigenvalue weighted by Gasteiger charge is 2.58. The van der Waals surface area contributed by atoms with Gasteiger partial charge in [0.25, 0.3) is 0 Å². The summed E-state index contributed by atoms with van der Waals surface area (Å²) in [5.41, 5.74) is 0.0253. The maximum Gasteiger partial charge on any atom is 0.337 e. The van der Waals surface area contributed by atoms with Gasteiger partial charge in [0.2, 0.25) is 0 Å². The summed E-state index contributed by atoms with van der Waals surface area (Å²) >= 11 is 0. The van der Waals surface area contributed by atoms with Gasteiger partial charge in [0.15, 0.2) is 6.79 Å². The van der Waals surface area contributed by atoms with Crippen molar-refractivity contribution in [1.29, 1.82) is 0 Å². The molecule has 0 aromatic rings. The van der Waals surface area contributed by atoms with E-state index in [0.717, 1.165) is 25.7 Å². The summed E-state index contributed by atoms with van der Waals surface area (Å²) in [6.45, 7) is 9.04. The molecule has 0 heterocycles. The van der Waals surface area contributed by atoms with Crippen molar-refractivity contribution in [2.24, 2.45) is 11.3 Å². The number of ether oxygens (including phenoxy) is 4. The molecule has 0 radical (unpaired) electrons. The zero-order chi connectivity index (χ0) is 17.8. The molecule has 0 spiro atoms. The first-order valence-corrected chi connectivity index (χ1v) is 8.70. The minimum Gasteiger partial charge on any atom is -0.471 e. The van der Waals surface area contributed by atoms with E-state index in [2.05, 4.69) is 13.5 Å². The lowest BCUT2D eigenvalue weighted by atomic mass is 9.52. The summed E-state index contributed by atoms with van der Waals surface area (Å²) in [5, 5.41) is 0. The van der Waals surface area contributed by atoms with Crippen molar-refractivity contribution in [3.8, 4) is 0 Å². The van der Waals surface area contributed by atoms with E-state index in [1.807, 2.05) is 13.0 Å². The van der Waals surface area contributed by atoms with Crippen LogP contribution >= 0.6 is 0 Å². The van der Waals surface area contributed by atoms with Crippen LogP contribution in [0.25, 0.3) is 0 Å². The van der Waals surface area contributed by atoms with Crippen LogP contribution in [0.3, 0.4) is 0 Å². The van der Waals surface area contributed by atoms with Crippen LogP contribution in [0.15, 0.2) is 24.0 Å². The van der Waals surface area contributed by atoms with Gasteiger partial charge in [-0.2, -0.15) is 0 Å². The lowest BCUT2D eigenvalue weighted by molar-refractivity contribution is -0.155. The molecule has 3 atom stereocenters. The molecule has 1 fully saturated rings. The average molecular weight is 338 g/mol. The molecule has 1 unspecified atom stereocenters. The van der Waals surface area contributed by atoms with Gasteiger partial charge >= 0.3 is 5.97 Å².